The molecule has 0 amide bonds. The number of benzene rings is 3. The molecule has 28 heavy (non-hydrogen) atoms. The second-order valence-electron chi connectivity index (χ2n) is 6.51. The highest BCUT2D eigenvalue weighted by Crippen LogP contribution is 2.42. The van der Waals surface area contributed by atoms with E-state index in [1.807, 2.05) is 72.8 Å². The summed E-state index contributed by atoms with van der Waals surface area (Å²) in [7, 11) is 0. The maximum Gasteiger partial charge on any atom is 0.331 e. The number of ether oxygens (including phenoxy) is 1. The zero-order chi connectivity index (χ0) is 19.6. The summed E-state index contributed by atoms with van der Waals surface area (Å²) < 4.78 is 5.69. The molecular formula is C23H17Cl2NO2. The Hall–Kier alpha value is -2.75. The van der Waals surface area contributed by atoms with Gasteiger partial charge in [0.25, 0.3) is 0 Å². The molecule has 0 unspecified atom stereocenters. The van der Waals surface area contributed by atoms with E-state index >= 15 is 0 Å². The average molecular weight is 410 g/mol. The van der Waals surface area contributed by atoms with Crippen molar-refractivity contribution >= 4 is 34.9 Å². The molecule has 0 radical (unpaired) electrons. The van der Waals surface area contributed by atoms with Crippen LogP contribution in [0, 0.1) is 0 Å². The number of rotatable bonds is 5. The van der Waals surface area contributed by atoms with Crippen LogP contribution in [0.2, 0.25) is 10.0 Å². The molecule has 2 atom stereocenters. The Kier molecular flexibility index (Phi) is 5.12. The lowest BCUT2D eigenvalue weighted by Gasteiger charge is -2.40. The van der Waals surface area contributed by atoms with E-state index in [0.29, 0.717) is 10.0 Å². The van der Waals surface area contributed by atoms with Crippen LogP contribution in [0.1, 0.15) is 11.1 Å². The predicted molar refractivity (Wildman–Crippen MR) is 113 cm³/mol. The molecule has 1 aliphatic heterocycles. The summed E-state index contributed by atoms with van der Waals surface area (Å²) in [5, 5.41) is 4.50. The van der Waals surface area contributed by atoms with Gasteiger partial charge in [-0.25, -0.2) is 4.79 Å². The number of cyclic esters (lactones) is 1. The Morgan fingerprint density at radius 2 is 1.50 bits per heavy atom. The Morgan fingerprint density at radius 3 is 2.11 bits per heavy atom. The molecule has 5 heteroatoms. The van der Waals surface area contributed by atoms with E-state index < -0.39 is 11.6 Å². The molecule has 1 N–H and O–H groups in total. The minimum Gasteiger partial charge on any atom is -0.452 e. The van der Waals surface area contributed by atoms with Crippen molar-refractivity contribution in [3.63, 3.8) is 0 Å². The van der Waals surface area contributed by atoms with Crippen molar-refractivity contribution in [2.45, 2.75) is 11.6 Å². The number of hydrogen-bond acceptors (Lipinski definition) is 3. The first-order valence-corrected chi connectivity index (χ1v) is 9.58. The van der Waals surface area contributed by atoms with Crippen molar-refractivity contribution in [1.82, 2.24) is 0 Å². The van der Waals surface area contributed by atoms with Gasteiger partial charge in [0.2, 0.25) is 0 Å². The second-order valence-corrected chi connectivity index (χ2v) is 7.32. The van der Waals surface area contributed by atoms with Gasteiger partial charge in [0.05, 0.1) is 10.0 Å². The van der Waals surface area contributed by atoms with Gasteiger partial charge in [0.15, 0.2) is 6.10 Å². The van der Waals surface area contributed by atoms with Crippen LogP contribution in [0.15, 0.2) is 91.0 Å². The quantitative estimate of drug-likeness (QED) is 0.538. The summed E-state index contributed by atoms with van der Waals surface area (Å²) >= 11 is 12.5. The fourth-order valence-electron chi connectivity index (χ4n) is 3.50. The van der Waals surface area contributed by atoms with E-state index in [-0.39, 0.29) is 5.97 Å². The van der Waals surface area contributed by atoms with Gasteiger partial charge in [-0.1, -0.05) is 77.8 Å². The van der Waals surface area contributed by atoms with Gasteiger partial charge in [-0.2, -0.15) is 0 Å². The number of para-hydroxylation sites is 1. The third-order valence-electron chi connectivity index (χ3n) is 4.80. The van der Waals surface area contributed by atoms with Crippen LogP contribution >= 0.6 is 23.2 Å². The zero-order valence-corrected chi connectivity index (χ0v) is 16.3. The van der Waals surface area contributed by atoms with E-state index in [0.717, 1.165) is 16.8 Å². The molecule has 3 nitrogen and oxygen atoms in total. The first-order valence-electron chi connectivity index (χ1n) is 8.83. The molecule has 140 valence electrons. The van der Waals surface area contributed by atoms with Gasteiger partial charge in [0.1, 0.15) is 5.54 Å². The summed E-state index contributed by atoms with van der Waals surface area (Å²) in [4.78, 5) is 12.0. The van der Waals surface area contributed by atoms with Crippen LogP contribution in [-0.2, 0) is 15.1 Å². The summed E-state index contributed by atoms with van der Waals surface area (Å²) in [6.45, 7) is 0. The number of carbonyl (C=O) groups excluding carboxylic acids is 1. The van der Waals surface area contributed by atoms with E-state index in [1.54, 1.807) is 12.1 Å². The smallest absolute Gasteiger partial charge is 0.331 e. The van der Waals surface area contributed by atoms with E-state index in [9.17, 15) is 4.79 Å². The van der Waals surface area contributed by atoms with Crippen molar-refractivity contribution in [3.05, 3.63) is 112 Å². The molecule has 0 saturated carbocycles. The molecule has 0 aromatic heterocycles. The minimum absolute atomic E-state index is 0.375. The predicted octanol–water partition coefficient (Wildman–Crippen LogP) is 5.83. The minimum atomic E-state index is -0.889. The van der Waals surface area contributed by atoms with Crippen molar-refractivity contribution in [3.8, 4) is 0 Å². The molecule has 0 spiro atoms. The lowest BCUT2D eigenvalue weighted by Crippen LogP contribution is -2.47. The largest absolute Gasteiger partial charge is 0.452 e. The van der Waals surface area contributed by atoms with Crippen molar-refractivity contribution in [2.24, 2.45) is 0 Å². The maximum atomic E-state index is 12.0. The van der Waals surface area contributed by atoms with Crippen LogP contribution in [0.4, 0.5) is 5.69 Å². The van der Waals surface area contributed by atoms with Crippen LogP contribution in [0.25, 0.3) is 0 Å². The molecular weight excluding hydrogens is 393 g/mol. The van der Waals surface area contributed by atoms with Crippen molar-refractivity contribution in [2.75, 3.05) is 5.32 Å². The van der Waals surface area contributed by atoms with Gasteiger partial charge in [-0.05, 0) is 41.5 Å². The van der Waals surface area contributed by atoms with Gasteiger partial charge in [-0.3, -0.25) is 0 Å². The van der Waals surface area contributed by atoms with Crippen molar-refractivity contribution < 1.29 is 9.53 Å². The molecule has 1 aliphatic rings. The molecule has 0 fully saturated rings. The Labute approximate surface area is 173 Å². The standard InChI is InChI=1S/C23H17Cl2NO2/c24-19-12-11-17(15-20(19)25)23(16-7-3-1-4-8-16,21-13-14-22(27)28-21)26-18-9-5-2-6-10-18/h1-15,21,26H/t21-,23+/m0/s1. The molecule has 0 aliphatic carbocycles. The van der Waals surface area contributed by atoms with E-state index in [4.69, 9.17) is 27.9 Å². The lowest BCUT2D eigenvalue weighted by atomic mass is 9.77. The first-order chi connectivity index (χ1) is 13.6. The zero-order valence-electron chi connectivity index (χ0n) is 14.8. The topological polar surface area (TPSA) is 38.3 Å². The number of esters is 1. The van der Waals surface area contributed by atoms with Gasteiger partial charge in [0, 0.05) is 11.8 Å². The number of carbonyl (C=O) groups is 1. The molecule has 3 aromatic rings. The Balaban J connectivity index is 1.97. The number of anilines is 1. The Morgan fingerprint density at radius 1 is 0.821 bits per heavy atom. The summed E-state index contributed by atoms with van der Waals surface area (Å²) in [5.41, 5.74) is 1.76. The monoisotopic (exact) mass is 409 g/mol. The number of halogens is 2. The molecule has 1 heterocycles. The maximum absolute atomic E-state index is 12.0. The normalized spacial score (nSPS) is 17.8. The van der Waals surface area contributed by atoms with Crippen LogP contribution in [0.5, 0.6) is 0 Å². The first kappa shape index (κ1) is 18.6. The van der Waals surface area contributed by atoms with Gasteiger partial charge >= 0.3 is 5.97 Å². The summed E-state index contributed by atoms with van der Waals surface area (Å²) in [5.74, 6) is -0.375. The van der Waals surface area contributed by atoms with Gasteiger partial charge in [-0.15, -0.1) is 0 Å². The highest BCUT2D eigenvalue weighted by atomic mass is 35.5. The van der Waals surface area contributed by atoms with E-state index in [2.05, 4.69) is 5.32 Å². The fourth-order valence-corrected chi connectivity index (χ4v) is 3.80. The third-order valence-corrected chi connectivity index (χ3v) is 5.54. The van der Waals surface area contributed by atoms with Crippen molar-refractivity contribution in [1.29, 1.82) is 0 Å². The number of hydrogen-bond donors (Lipinski definition) is 1. The molecule has 0 bridgehead atoms. The molecule has 3 aromatic carbocycles. The van der Waals surface area contributed by atoms with Gasteiger partial charge < -0.3 is 10.1 Å². The third kappa shape index (κ3) is 3.39. The highest BCUT2D eigenvalue weighted by Gasteiger charge is 2.45. The Bertz CT molecular complexity index is 1020. The average Bonchev–Trinajstić information content (AvgIpc) is 3.16. The van der Waals surface area contributed by atoms with E-state index in [1.165, 1.54) is 6.08 Å². The second kappa shape index (κ2) is 7.70. The SMILES string of the molecule is O=C1C=C[C@@H]([C@@](Nc2ccccc2)(c2ccccc2)c2ccc(Cl)c(Cl)c2)O1. The highest BCUT2D eigenvalue weighted by molar-refractivity contribution is 6.42. The van der Waals surface area contributed by atoms with Crippen LogP contribution < -0.4 is 5.32 Å². The molecule has 0 saturated heterocycles. The summed E-state index contributed by atoms with van der Waals surface area (Å²) in [6.07, 6.45) is 2.65. The summed E-state index contributed by atoms with van der Waals surface area (Å²) in [6, 6.07) is 25.1. The van der Waals surface area contributed by atoms with Crippen LogP contribution in [0.3, 0.4) is 0 Å². The number of nitrogens with one attached hydrogen (secondary N) is 1. The van der Waals surface area contributed by atoms with Crippen LogP contribution in [-0.4, -0.2) is 12.1 Å². The molecule has 4 rings (SSSR count). The lowest BCUT2D eigenvalue weighted by molar-refractivity contribution is -0.140. The fraction of sp³-hybridized carbons (Fsp3) is 0.0870.